The van der Waals surface area contributed by atoms with E-state index in [9.17, 15) is 10.1 Å². The Morgan fingerprint density at radius 1 is 1.41 bits per heavy atom. The maximum atomic E-state index is 10.9. The Morgan fingerprint density at radius 2 is 2.18 bits per heavy atom. The van der Waals surface area contributed by atoms with Crippen LogP contribution in [0.3, 0.4) is 0 Å². The Kier molecular flexibility index (Phi) is 3.29. The fourth-order valence-corrected chi connectivity index (χ4v) is 2.21. The lowest BCUT2D eigenvalue weighted by atomic mass is 10.2. The molecule has 0 fully saturated rings. The number of para-hydroxylation sites is 1. The molecule has 2 aromatic rings. The fourth-order valence-electron chi connectivity index (χ4n) is 1.37. The van der Waals surface area contributed by atoms with Crippen molar-refractivity contribution in [1.29, 1.82) is 0 Å². The lowest BCUT2D eigenvalue weighted by Crippen LogP contribution is -1.94. The van der Waals surface area contributed by atoms with Gasteiger partial charge in [0.2, 0.25) is 5.13 Å². The van der Waals surface area contributed by atoms with E-state index in [0.29, 0.717) is 15.7 Å². The number of nitro benzene ring substituents is 1. The molecule has 0 unspecified atom stereocenters. The summed E-state index contributed by atoms with van der Waals surface area (Å²) in [5.41, 5.74) is 0.547. The van der Waals surface area contributed by atoms with Gasteiger partial charge < -0.3 is 5.32 Å². The number of benzene rings is 1. The molecular weight excluding hydrogens is 240 g/mol. The van der Waals surface area contributed by atoms with Gasteiger partial charge in [-0.25, -0.2) is 0 Å². The van der Waals surface area contributed by atoms with E-state index in [1.807, 2.05) is 6.92 Å². The average molecular weight is 250 g/mol. The van der Waals surface area contributed by atoms with Gasteiger partial charge >= 0.3 is 0 Å². The van der Waals surface area contributed by atoms with Crippen LogP contribution < -0.4 is 5.32 Å². The van der Waals surface area contributed by atoms with Crippen molar-refractivity contribution in [1.82, 2.24) is 10.2 Å². The number of aromatic nitrogens is 2. The highest BCUT2D eigenvalue weighted by atomic mass is 32.1. The summed E-state index contributed by atoms with van der Waals surface area (Å²) in [5, 5.41) is 23.0. The standard InChI is InChI=1S/C10H10N4O2S/c1-2-11-10-13-12-9(17-10)7-5-3-4-6-8(7)14(15)16/h3-6H,2H2,1H3,(H,11,13). The molecule has 0 saturated heterocycles. The molecule has 1 heterocycles. The van der Waals surface area contributed by atoms with Crippen LogP contribution >= 0.6 is 11.3 Å². The number of nitrogens with zero attached hydrogens (tertiary/aromatic N) is 3. The summed E-state index contributed by atoms with van der Waals surface area (Å²) in [5.74, 6) is 0. The van der Waals surface area contributed by atoms with E-state index in [4.69, 9.17) is 0 Å². The van der Waals surface area contributed by atoms with Gasteiger partial charge in [-0.3, -0.25) is 10.1 Å². The van der Waals surface area contributed by atoms with Crippen molar-refractivity contribution < 1.29 is 4.92 Å². The number of nitro groups is 1. The van der Waals surface area contributed by atoms with Crippen molar-refractivity contribution in [3.8, 4) is 10.6 Å². The van der Waals surface area contributed by atoms with E-state index in [1.54, 1.807) is 18.2 Å². The minimum atomic E-state index is -0.413. The van der Waals surface area contributed by atoms with Crippen LogP contribution in [-0.2, 0) is 0 Å². The predicted molar refractivity (Wildman–Crippen MR) is 66.2 cm³/mol. The fraction of sp³-hybridized carbons (Fsp3) is 0.200. The maximum Gasteiger partial charge on any atom is 0.279 e. The summed E-state index contributed by atoms with van der Waals surface area (Å²) in [6, 6.07) is 6.52. The van der Waals surface area contributed by atoms with Crippen molar-refractivity contribution in [3.63, 3.8) is 0 Å². The van der Waals surface area contributed by atoms with Gasteiger partial charge in [0.25, 0.3) is 5.69 Å². The van der Waals surface area contributed by atoms with Gasteiger partial charge in [0.05, 0.1) is 10.5 Å². The molecule has 6 nitrogen and oxygen atoms in total. The number of nitrogens with one attached hydrogen (secondary N) is 1. The van der Waals surface area contributed by atoms with Crippen LogP contribution in [-0.4, -0.2) is 21.7 Å². The topological polar surface area (TPSA) is 81.0 Å². The third-order valence-corrected chi connectivity index (χ3v) is 3.00. The Morgan fingerprint density at radius 3 is 2.88 bits per heavy atom. The molecule has 1 aromatic carbocycles. The molecule has 88 valence electrons. The van der Waals surface area contributed by atoms with Crippen LogP contribution in [0, 0.1) is 10.1 Å². The molecule has 0 saturated carbocycles. The molecule has 0 radical (unpaired) electrons. The predicted octanol–water partition coefficient (Wildman–Crippen LogP) is 2.55. The van der Waals surface area contributed by atoms with Gasteiger partial charge in [-0.2, -0.15) is 0 Å². The second kappa shape index (κ2) is 4.88. The van der Waals surface area contributed by atoms with Gasteiger partial charge in [0.15, 0.2) is 5.01 Å². The van der Waals surface area contributed by atoms with Gasteiger partial charge in [-0.05, 0) is 13.0 Å². The first-order valence-electron chi connectivity index (χ1n) is 5.03. The number of hydrogen-bond donors (Lipinski definition) is 1. The molecule has 1 aromatic heterocycles. The van der Waals surface area contributed by atoms with E-state index in [2.05, 4.69) is 15.5 Å². The first-order chi connectivity index (χ1) is 8.22. The van der Waals surface area contributed by atoms with Crippen LogP contribution in [0.2, 0.25) is 0 Å². The van der Waals surface area contributed by atoms with Crippen LogP contribution in [0.1, 0.15) is 6.92 Å². The highest BCUT2D eigenvalue weighted by Crippen LogP contribution is 2.32. The minimum absolute atomic E-state index is 0.0479. The third kappa shape index (κ3) is 2.39. The quantitative estimate of drug-likeness (QED) is 0.666. The minimum Gasteiger partial charge on any atom is -0.360 e. The normalized spacial score (nSPS) is 10.2. The lowest BCUT2D eigenvalue weighted by Gasteiger charge is -1.97. The van der Waals surface area contributed by atoms with Gasteiger partial charge in [-0.1, -0.05) is 23.5 Å². The number of rotatable bonds is 4. The SMILES string of the molecule is CCNc1nnc(-c2ccccc2[N+](=O)[O-])s1. The van der Waals surface area contributed by atoms with Crippen LogP contribution in [0.15, 0.2) is 24.3 Å². The summed E-state index contributed by atoms with van der Waals surface area (Å²) >= 11 is 1.30. The highest BCUT2D eigenvalue weighted by molar-refractivity contribution is 7.18. The molecule has 0 aliphatic rings. The van der Waals surface area contributed by atoms with Crippen molar-refractivity contribution in [2.75, 3.05) is 11.9 Å². The largest absolute Gasteiger partial charge is 0.360 e. The zero-order valence-electron chi connectivity index (χ0n) is 9.08. The molecule has 0 aliphatic carbocycles. The maximum absolute atomic E-state index is 10.9. The van der Waals surface area contributed by atoms with Crippen LogP contribution in [0.4, 0.5) is 10.8 Å². The zero-order chi connectivity index (χ0) is 12.3. The first-order valence-corrected chi connectivity index (χ1v) is 5.85. The van der Waals surface area contributed by atoms with Crippen molar-refractivity contribution in [3.05, 3.63) is 34.4 Å². The Labute approximate surface area is 101 Å². The highest BCUT2D eigenvalue weighted by Gasteiger charge is 2.17. The monoisotopic (exact) mass is 250 g/mol. The van der Waals surface area contributed by atoms with Crippen molar-refractivity contribution in [2.45, 2.75) is 6.92 Å². The second-order valence-electron chi connectivity index (χ2n) is 3.22. The number of anilines is 1. The Hall–Kier alpha value is -2.02. The molecule has 1 N–H and O–H groups in total. The summed E-state index contributed by atoms with van der Waals surface area (Å²) in [4.78, 5) is 10.5. The van der Waals surface area contributed by atoms with E-state index >= 15 is 0 Å². The summed E-state index contributed by atoms with van der Waals surface area (Å²) in [6.07, 6.45) is 0. The molecule has 7 heteroatoms. The Balaban J connectivity index is 2.41. The number of hydrogen-bond acceptors (Lipinski definition) is 6. The third-order valence-electron chi connectivity index (χ3n) is 2.08. The first kappa shape index (κ1) is 11.5. The zero-order valence-corrected chi connectivity index (χ0v) is 9.90. The molecule has 0 atom stereocenters. The second-order valence-corrected chi connectivity index (χ2v) is 4.19. The smallest absolute Gasteiger partial charge is 0.279 e. The average Bonchev–Trinajstić information content (AvgIpc) is 2.78. The van der Waals surface area contributed by atoms with Gasteiger partial charge in [0.1, 0.15) is 0 Å². The molecular formula is C10H10N4O2S. The molecule has 0 amide bonds. The van der Waals surface area contributed by atoms with E-state index < -0.39 is 4.92 Å². The van der Waals surface area contributed by atoms with Crippen molar-refractivity contribution >= 4 is 22.2 Å². The van der Waals surface area contributed by atoms with Crippen LogP contribution in [0.25, 0.3) is 10.6 Å². The molecule has 0 aliphatic heterocycles. The molecule has 17 heavy (non-hydrogen) atoms. The lowest BCUT2D eigenvalue weighted by molar-refractivity contribution is -0.384. The van der Waals surface area contributed by atoms with E-state index in [0.717, 1.165) is 6.54 Å². The molecule has 0 spiro atoms. The summed E-state index contributed by atoms with van der Waals surface area (Å²) in [7, 11) is 0. The summed E-state index contributed by atoms with van der Waals surface area (Å²) in [6.45, 7) is 2.69. The summed E-state index contributed by atoms with van der Waals surface area (Å²) < 4.78 is 0. The van der Waals surface area contributed by atoms with Gasteiger partial charge in [0, 0.05) is 12.6 Å². The van der Waals surface area contributed by atoms with Crippen LogP contribution in [0.5, 0.6) is 0 Å². The van der Waals surface area contributed by atoms with E-state index in [1.165, 1.54) is 17.4 Å². The molecule has 2 rings (SSSR count). The van der Waals surface area contributed by atoms with E-state index in [-0.39, 0.29) is 5.69 Å². The van der Waals surface area contributed by atoms with Gasteiger partial charge in [-0.15, -0.1) is 10.2 Å². The van der Waals surface area contributed by atoms with Crippen molar-refractivity contribution in [2.24, 2.45) is 0 Å². The Bertz CT molecular complexity index is 541. The molecule has 0 bridgehead atoms.